The minimum absolute atomic E-state index is 0.0423. The van der Waals surface area contributed by atoms with Crippen molar-refractivity contribution >= 4 is 29.5 Å². The molecule has 1 saturated carbocycles. The van der Waals surface area contributed by atoms with Crippen LogP contribution in [0.5, 0.6) is 17.2 Å². The van der Waals surface area contributed by atoms with E-state index in [1.807, 2.05) is 54.7 Å². The Labute approximate surface area is 361 Å². The first-order chi connectivity index (χ1) is 30.1. The summed E-state index contributed by atoms with van der Waals surface area (Å²) in [5, 5.41) is 62.0. The fraction of sp³-hybridized carbons (Fsp3) is 0.373. The van der Waals surface area contributed by atoms with Gasteiger partial charge in [0.15, 0.2) is 17.3 Å². The van der Waals surface area contributed by atoms with Gasteiger partial charge in [-0.05, 0) is 123 Å². The molecule has 0 spiro atoms. The van der Waals surface area contributed by atoms with E-state index in [-0.39, 0.29) is 79.3 Å². The molecule has 1 aliphatic heterocycles. The summed E-state index contributed by atoms with van der Waals surface area (Å²) >= 11 is 0. The van der Waals surface area contributed by atoms with Gasteiger partial charge in [-0.1, -0.05) is 89.9 Å². The first-order valence-electron chi connectivity index (χ1n) is 21.9. The maximum absolute atomic E-state index is 15.3. The van der Waals surface area contributed by atoms with Gasteiger partial charge >= 0.3 is 0 Å². The first kappa shape index (κ1) is 41.5. The van der Waals surface area contributed by atoms with Gasteiger partial charge in [0.1, 0.15) is 17.6 Å². The number of carbonyl (C=O) groups is 2. The molecule has 5 unspecified atom stereocenters. The minimum Gasteiger partial charge on any atom is -0.664 e. The normalized spacial score (nSPS) is 24.3. The third kappa shape index (κ3) is 8.36. The number of aliphatic hydroxyl groups is 3. The van der Waals surface area contributed by atoms with Gasteiger partial charge in [0.05, 0.1) is 17.6 Å². The molecular weight excluding hydrogens is 783 g/mol. The summed E-state index contributed by atoms with van der Waals surface area (Å²) in [6.45, 7) is -0.284. The summed E-state index contributed by atoms with van der Waals surface area (Å²) in [6, 6.07) is 20.2. The van der Waals surface area contributed by atoms with Crippen molar-refractivity contribution in [3.05, 3.63) is 146 Å². The van der Waals surface area contributed by atoms with Gasteiger partial charge < -0.3 is 45.6 Å². The predicted molar refractivity (Wildman–Crippen MR) is 236 cm³/mol. The summed E-state index contributed by atoms with van der Waals surface area (Å²) < 4.78 is 6.35. The number of nitrogens with one attached hydrogen (secondary N) is 1. The molecule has 11 nitrogen and oxygen atoms in total. The van der Waals surface area contributed by atoms with Crippen LogP contribution in [0, 0.1) is 11.8 Å². The number of carbonyl (C=O) groups excluding carboxylic acids is 2. The van der Waals surface area contributed by atoms with Crippen molar-refractivity contribution in [1.29, 1.82) is 0 Å². The summed E-state index contributed by atoms with van der Waals surface area (Å²) in [5.41, 5.74) is 5.63. The number of hydrogen-bond donors (Lipinski definition) is 6. The zero-order valence-corrected chi connectivity index (χ0v) is 34.7. The minimum atomic E-state index is -1.38. The van der Waals surface area contributed by atoms with E-state index >= 15 is 4.79 Å². The van der Waals surface area contributed by atoms with Crippen molar-refractivity contribution in [2.24, 2.45) is 11.8 Å². The standard InChI is InChI=1S/C51H53N3O8/c55-22-17-39-44(57)12-11-31-25-40(48(59)45(26-31)62-36-8-1-2-9-36)47(58)33-7-3-5-30(23-33)24-34-15-20-53-50(34)54-29-35-27-42-38(16-21-52-42)41(46(35)49(39)60)28-51(61)18-13-32-6-4-10-43(56)37(32)14-19-51/h3-7,10,14-16,19-21,23,25-27,36,39,41,46-47,53,55-56,58-59,61H,1-2,8-9,11-13,17-18,22,24,28-29H2/q-2. The lowest BCUT2D eigenvalue weighted by Gasteiger charge is -2.40. The molecule has 4 bridgehead atoms. The van der Waals surface area contributed by atoms with Crippen molar-refractivity contribution in [3.63, 3.8) is 0 Å². The summed E-state index contributed by atoms with van der Waals surface area (Å²) in [7, 11) is 0. The lowest BCUT2D eigenvalue weighted by molar-refractivity contribution is -0.135. The number of rotatable bonds is 6. The highest BCUT2D eigenvalue weighted by Crippen LogP contribution is 2.48. The van der Waals surface area contributed by atoms with Crippen molar-refractivity contribution < 1.29 is 39.9 Å². The topological polar surface area (TPSA) is 189 Å². The number of H-pyrrole nitrogens is 1. The molecule has 2 aromatic heterocycles. The SMILES string of the molecule is O=C1CCc2cc(OC3CCCC3)c(O)c(c2)C(O)c2cccc(c2)Cc2cc[nH]c2[N-]CC2=Cc3[n-]ccc3C(CC3(O)C=Cc4c(O)cccc4CC3)C2C(=O)C1CCO. The second-order valence-corrected chi connectivity index (χ2v) is 17.6. The number of aliphatic hydroxyl groups excluding tert-OH is 2. The zero-order valence-electron chi connectivity index (χ0n) is 34.7. The van der Waals surface area contributed by atoms with E-state index in [1.54, 1.807) is 42.6 Å². The second-order valence-electron chi connectivity index (χ2n) is 17.6. The number of aromatic amines is 1. The Morgan fingerprint density at radius 2 is 1.74 bits per heavy atom. The molecule has 3 aliphatic carbocycles. The molecule has 3 heterocycles. The molecule has 5 atom stereocenters. The van der Waals surface area contributed by atoms with E-state index < -0.39 is 29.5 Å². The fourth-order valence-corrected chi connectivity index (χ4v) is 10.2. The number of nitrogens with zero attached hydrogens (tertiary/aromatic N) is 2. The van der Waals surface area contributed by atoms with Crippen LogP contribution in [0.25, 0.3) is 17.5 Å². The third-order valence-electron chi connectivity index (χ3n) is 13.5. The smallest absolute Gasteiger partial charge is 0.163 e. The molecule has 0 amide bonds. The number of Topliss-reactive ketones (excluding diaryl/α,β-unsaturated/α-hetero) is 2. The van der Waals surface area contributed by atoms with Gasteiger partial charge in [-0.2, -0.15) is 6.20 Å². The van der Waals surface area contributed by atoms with Gasteiger partial charge in [0.2, 0.25) is 0 Å². The van der Waals surface area contributed by atoms with Crippen LogP contribution in [-0.4, -0.2) is 66.9 Å². The van der Waals surface area contributed by atoms with E-state index in [2.05, 4.69) is 9.97 Å². The monoisotopic (exact) mass is 835 g/mol. The quantitative estimate of drug-likeness (QED) is 0.0920. The molecule has 1 fully saturated rings. The summed E-state index contributed by atoms with van der Waals surface area (Å²) in [6.07, 6.45) is 12.9. The molecule has 11 heteroatoms. The third-order valence-corrected chi connectivity index (χ3v) is 13.5. The fourth-order valence-electron chi connectivity index (χ4n) is 10.2. The van der Waals surface area contributed by atoms with Gasteiger partial charge in [0.25, 0.3) is 0 Å². The molecule has 322 valence electrons. The number of phenolic OH excluding ortho intramolecular Hbond substituents is 2. The molecule has 0 radical (unpaired) electrons. The summed E-state index contributed by atoms with van der Waals surface area (Å²) in [5.74, 6) is -2.48. The van der Waals surface area contributed by atoms with Crippen LogP contribution in [0.1, 0.15) is 114 Å². The molecule has 62 heavy (non-hydrogen) atoms. The number of hydrogen-bond acceptors (Lipinski definition) is 8. The summed E-state index contributed by atoms with van der Waals surface area (Å²) in [4.78, 5) is 37.8. The number of aryl methyl sites for hydroxylation is 2. The number of ketones is 2. The molecule has 9 rings (SSSR count). The number of aromatic nitrogens is 2. The largest absolute Gasteiger partial charge is 0.664 e. The van der Waals surface area contributed by atoms with Gasteiger partial charge in [-0.3, -0.25) is 9.59 Å². The molecule has 4 aliphatic rings. The Bertz CT molecular complexity index is 2530. The highest BCUT2D eigenvalue weighted by molar-refractivity contribution is 6.05. The van der Waals surface area contributed by atoms with Crippen molar-refractivity contribution in [2.45, 2.75) is 94.4 Å². The number of phenols is 2. The Morgan fingerprint density at radius 3 is 2.58 bits per heavy atom. The van der Waals surface area contributed by atoms with Gasteiger partial charge in [-0.15, -0.1) is 5.69 Å². The van der Waals surface area contributed by atoms with Crippen LogP contribution in [0.2, 0.25) is 0 Å². The Kier molecular flexibility index (Phi) is 11.7. The van der Waals surface area contributed by atoms with Crippen LogP contribution in [0.3, 0.4) is 0 Å². The van der Waals surface area contributed by atoms with E-state index in [0.717, 1.165) is 47.9 Å². The number of fused-ring (bicyclic) bond motifs is 8. The molecule has 6 N–H and O–H groups in total. The van der Waals surface area contributed by atoms with Crippen molar-refractivity contribution in [3.8, 4) is 17.2 Å². The average Bonchev–Trinajstić information content (AvgIpc) is 4.05. The average molecular weight is 836 g/mol. The molecule has 3 aromatic carbocycles. The van der Waals surface area contributed by atoms with Crippen LogP contribution in [0.15, 0.2) is 90.8 Å². The molecule has 5 aromatic rings. The van der Waals surface area contributed by atoms with Gasteiger partial charge in [-0.25, -0.2) is 0 Å². The van der Waals surface area contributed by atoms with E-state index in [0.29, 0.717) is 53.0 Å². The van der Waals surface area contributed by atoms with Crippen LogP contribution in [-0.2, 0) is 28.9 Å². The highest BCUT2D eigenvalue weighted by Gasteiger charge is 2.43. The first-order valence-corrected chi connectivity index (χ1v) is 21.9. The lowest BCUT2D eigenvalue weighted by atomic mass is 9.67. The maximum atomic E-state index is 15.3. The van der Waals surface area contributed by atoms with Gasteiger partial charge in [0, 0.05) is 30.1 Å². The van der Waals surface area contributed by atoms with Crippen LogP contribution in [0.4, 0.5) is 5.82 Å². The second kappa shape index (κ2) is 17.5. The highest BCUT2D eigenvalue weighted by atomic mass is 16.5. The Morgan fingerprint density at radius 1 is 0.903 bits per heavy atom. The van der Waals surface area contributed by atoms with E-state index in [1.165, 1.54) is 0 Å². The van der Waals surface area contributed by atoms with E-state index in [9.17, 15) is 30.3 Å². The number of benzene rings is 3. The van der Waals surface area contributed by atoms with Crippen molar-refractivity contribution in [1.82, 2.24) is 9.97 Å². The molecule has 0 saturated heterocycles. The Balaban J connectivity index is 1.12. The number of aromatic hydroxyl groups is 2. The Hall–Kier alpha value is -5.88. The van der Waals surface area contributed by atoms with Crippen LogP contribution >= 0.6 is 0 Å². The maximum Gasteiger partial charge on any atom is 0.163 e. The van der Waals surface area contributed by atoms with E-state index in [4.69, 9.17) is 10.1 Å². The van der Waals surface area contributed by atoms with Crippen LogP contribution < -0.4 is 9.72 Å². The molecular formula is C51H53N3O8-2. The zero-order chi connectivity index (χ0) is 43.0. The lowest BCUT2D eigenvalue weighted by Crippen LogP contribution is -2.40. The number of ether oxygens (including phenoxy) is 1. The predicted octanol–water partition coefficient (Wildman–Crippen LogP) is 8.04. The van der Waals surface area contributed by atoms with Crippen molar-refractivity contribution in [2.75, 3.05) is 13.2 Å².